The number of nitrogens with one attached hydrogen (secondary N) is 1. The van der Waals surface area contributed by atoms with Gasteiger partial charge in [0.05, 0.1) is 0 Å². The van der Waals surface area contributed by atoms with Crippen molar-refractivity contribution in [3.8, 4) is 0 Å². The van der Waals surface area contributed by atoms with E-state index in [9.17, 15) is 0 Å². The van der Waals surface area contributed by atoms with Gasteiger partial charge in [0.2, 0.25) is 0 Å². The van der Waals surface area contributed by atoms with Gasteiger partial charge in [-0.15, -0.1) is 0 Å². The molecular weight excluding hydrogens is 260 g/mol. The zero-order chi connectivity index (χ0) is 14.8. The lowest BCUT2D eigenvalue weighted by atomic mass is 9.90. The number of aryl methyl sites for hydroxylation is 2. The van der Waals surface area contributed by atoms with Crippen molar-refractivity contribution in [2.45, 2.75) is 71.0 Å². The maximum atomic E-state index is 4.63. The van der Waals surface area contributed by atoms with Gasteiger partial charge in [-0.3, -0.25) is 0 Å². The Morgan fingerprint density at radius 1 is 1.24 bits per heavy atom. The highest BCUT2D eigenvalue weighted by Crippen LogP contribution is 2.29. The molecule has 2 aliphatic rings. The van der Waals surface area contributed by atoms with Crippen molar-refractivity contribution in [2.24, 2.45) is 0 Å². The first-order valence-electron chi connectivity index (χ1n) is 8.46. The smallest absolute Gasteiger partial charge is 0.125 e. The summed E-state index contributed by atoms with van der Waals surface area (Å²) >= 11 is 0. The quantitative estimate of drug-likeness (QED) is 0.928. The van der Waals surface area contributed by atoms with Gasteiger partial charge in [-0.25, -0.2) is 9.97 Å². The van der Waals surface area contributed by atoms with E-state index >= 15 is 0 Å². The molecule has 1 N–H and O–H groups in total. The first-order valence-corrected chi connectivity index (χ1v) is 8.46. The number of piperidine rings is 1. The molecule has 3 rings (SSSR count). The average Bonchev–Trinajstić information content (AvgIpc) is 2.47. The van der Waals surface area contributed by atoms with Gasteiger partial charge in [0, 0.05) is 35.6 Å². The zero-order valence-corrected chi connectivity index (χ0v) is 13.6. The second kappa shape index (κ2) is 6.41. The molecule has 0 aromatic carbocycles. The average molecular weight is 288 g/mol. The highest BCUT2D eigenvalue weighted by atomic mass is 15.2. The normalized spacial score (nSPS) is 24.3. The van der Waals surface area contributed by atoms with Crippen LogP contribution in [0.4, 0.5) is 0 Å². The number of nitrogens with zero attached hydrogens (tertiary/aromatic N) is 3. The summed E-state index contributed by atoms with van der Waals surface area (Å²) in [6.45, 7) is 9.02. The molecular formula is C17H28N4. The lowest BCUT2D eigenvalue weighted by Crippen LogP contribution is -2.46. The summed E-state index contributed by atoms with van der Waals surface area (Å²) in [6.07, 6.45) is 8.16. The van der Waals surface area contributed by atoms with E-state index in [1.54, 1.807) is 0 Å². The molecule has 2 heterocycles. The van der Waals surface area contributed by atoms with Gasteiger partial charge >= 0.3 is 0 Å². The molecule has 1 aromatic heterocycles. The van der Waals surface area contributed by atoms with Crippen LogP contribution in [0, 0.1) is 6.92 Å². The largest absolute Gasteiger partial charge is 0.307 e. The third-order valence-electron chi connectivity index (χ3n) is 5.00. The second-order valence-corrected chi connectivity index (χ2v) is 6.83. The summed E-state index contributed by atoms with van der Waals surface area (Å²) in [7, 11) is 0. The Hall–Kier alpha value is -1.00. The van der Waals surface area contributed by atoms with E-state index in [1.165, 1.54) is 50.0 Å². The SMILES string of the molecule is Cc1ncc2c(n1)CCC[C@H]2NC1CCN(C(C)C)CC1. The highest BCUT2D eigenvalue weighted by Gasteiger charge is 2.27. The van der Waals surface area contributed by atoms with Crippen LogP contribution in [0.1, 0.15) is 62.7 Å². The fourth-order valence-corrected chi connectivity index (χ4v) is 3.69. The molecule has 116 valence electrons. The molecule has 0 radical (unpaired) electrons. The molecule has 0 spiro atoms. The van der Waals surface area contributed by atoms with Crippen LogP contribution in [0.2, 0.25) is 0 Å². The van der Waals surface area contributed by atoms with Gasteiger partial charge in [0.1, 0.15) is 5.82 Å². The third-order valence-corrected chi connectivity index (χ3v) is 5.00. The predicted octanol–water partition coefficient (Wildman–Crippen LogP) is 2.62. The molecule has 0 unspecified atom stereocenters. The van der Waals surface area contributed by atoms with Crippen molar-refractivity contribution in [3.05, 3.63) is 23.3 Å². The standard InChI is InChI=1S/C17H28N4/c1-12(2)21-9-7-14(8-10-21)20-17-6-4-5-16-15(17)11-18-13(3)19-16/h11-12,14,17,20H,4-10H2,1-3H3/t17-/m1/s1. The third kappa shape index (κ3) is 3.43. The van der Waals surface area contributed by atoms with E-state index in [1.807, 2.05) is 6.92 Å². The number of hydrogen-bond acceptors (Lipinski definition) is 4. The van der Waals surface area contributed by atoms with Gasteiger partial charge in [-0.05, 0) is 66.0 Å². The number of hydrogen-bond donors (Lipinski definition) is 1. The van der Waals surface area contributed by atoms with Crippen LogP contribution in [0.5, 0.6) is 0 Å². The molecule has 0 saturated carbocycles. The van der Waals surface area contributed by atoms with Gasteiger partial charge in [-0.2, -0.15) is 0 Å². The van der Waals surface area contributed by atoms with E-state index in [4.69, 9.17) is 0 Å². The fourth-order valence-electron chi connectivity index (χ4n) is 3.69. The van der Waals surface area contributed by atoms with Gasteiger partial charge < -0.3 is 10.2 Å². The van der Waals surface area contributed by atoms with Crippen LogP contribution in [0.3, 0.4) is 0 Å². The molecule has 21 heavy (non-hydrogen) atoms. The van der Waals surface area contributed by atoms with Gasteiger partial charge in [0.15, 0.2) is 0 Å². The minimum absolute atomic E-state index is 0.463. The molecule has 1 aliphatic carbocycles. The van der Waals surface area contributed by atoms with Crippen LogP contribution in [0.15, 0.2) is 6.20 Å². The Bertz CT molecular complexity index is 478. The Kier molecular flexibility index (Phi) is 4.55. The van der Waals surface area contributed by atoms with E-state index in [2.05, 4.69) is 40.2 Å². The van der Waals surface area contributed by atoms with Gasteiger partial charge in [0.25, 0.3) is 0 Å². The highest BCUT2D eigenvalue weighted by molar-refractivity contribution is 5.24. The summed E-state index contributed by atoms with van der Waals surface area (Å²) in [5.41, 5.74) is 2.61. The fraction of sp³-hybridized carbons (Fsp3) is 0.765. The molecule has 0 amide bonds. The lowest BCUT2D eigenvalue weighted by Gasteiger charge is -2.37. The maximum absolute atomic E-state index is 4.63. The number of rotatable bonds is 3. The second-order valence-electron chi connectivity index (χ2n) is 6.83. The molecule has 4 nitrogen and oxygen atoms in total. The van der Waals surface area contributed by atoms with Crippen LogP contribution in [-0.4, -0.2) is 40.0 Å². The molecule has 4 heteroatoms. The van der Waals surface area contributed by atoms with E-state index < -0.39 is 0 Å². The van der Waals surface area contributed by atoms with Crippen LogP contribution in [-0.2, 0) is 6.42 Å². The topological polar surface area (TPSA) is 41.1 Å². The molecule has 1 atom stereocenters. The van der Waals surface area contributed by atoms with Crippen molar-refractivity contribution < 1.29 is 0 Å². The van der Waals surface area contributed by atoms with Crippen molar-refractivity contribution in [1.82, 2.24) is 20.2 Å². The summed E-state index contributed by atoms with van der Waals surface area (Å²) < 4.78 is 0. The monoisotopic (exact) mass is 288 g/mol. The lowest BCUT2D eigenvalue weighted by molar-refractivity contribution is 0.154. The summed E-state index contributed by atoms with van der Waals surface area (Å²) in [5, 5.41) is 3.89. The maximum Gasteiger partial charge on any atom is 0.125 e. The van der Waals surface area contributed by atoms with Crippen molar-refractivity contribution in [1.29, 1.82) is 0 Å². The van der Waals surface area contributed by atoms with Crippen LogP contribution in [0.25, 0.3) is 0 Å². The van der Waals surface area contributed by atoms with E-state index in [0.717, 1.165) is 12.2 Å². The minimum Gasteiger partial charge on any atom is -0.307 e. The first-order chi connectivity index (χ1) is 10.1. The van der Waals surface area contributed by atoms with Crippen LogP contribution >= 0.6 is 0 Å². The molecule has 1 aliphatic heterocycles. The Balaban J connectivity index is 1.62. The number of fused-ring (bicyclic) bond motifs is 1. The molecule has 1 fully saturated rings. The Morgan fingerprint density at radius 2 is 2.00 bits per heavy atom. The van der Waals surface area contributed by atoms with Crippen LogP contribution < -0.4 is 5.32 Å². The molecule has 0 bridgehead atoms. The minimum atomic E-state index is 0.463. The molecule has 1 aromatic rings. The van der Waals surface area contributed by atoms with Crippen molar-refractivity contribution in [3.63, 3.8) is 0 Å². The van der Waals surface area contributed by atoms with Crippen molar-refractivity contribution in [2.75, 3.05) is 13.1 Å². The Labute approximate surface area is 128 Å². The summed E-state index contributed by atoms with van der Waals surface area (Å²) in [6, 6.07) is 1.79. The summed E-state index contributed by atoms with van der Waals surface area (Å²) in [4.78, 5) is 11.6. The Morgan fingerprint density at radius 3 is 2.71 bits per heavy atom. The predicted molar refractivity (Wildman–Crippen MR) is 85.3 cm³/mol. The molecule has 1 saturated heterocycles. The van der Waals surface area contributed by atoms with E-state index in [0.29, 0.717) is 18.1 Å². The summed E-state index contributed by atoms with van der Waals surface area (Å²) in [5.74, 6) is 0.902. The van der Waals surface area contributed by atoms with Gasteiger partial charge in [-0.1, -0.05) is 0 Å². The number of likely N-dealkylation sites (tertiary alicyclic amines) is 1. The van der Waals surface area contributed by atoms with Crippen molar-refractivity contribution >= 4 is 0 Å². The first kappa shape index (κ1) is 14.9. The van der Waals surface area contributed by atoms with E-state index in [-0.39, 0.29) is 0 Å². The zero-order valence-electron chi connectivity index (χ0n) is 13.6. The number of aromatic nitrogens is 2.